The van der Waals surface area contributed by atoms with Crippen LogP contribution in [0.5, 0.6) is 0 Å². The number of pyridine rings is 1. The molecule has 1 saturated carbocycles. The van der Waals surface area contributed by atoms with Crippen molar-refractivity contribution in [3.63, 3.8) is 0 Å². The van der Waals surface area contributed by atoms with Crippen molar-refractivity contribution < 1.29 is 0 Å². The second-order valence-corrected chi connectivity index (χ2v) is 6.48. The first-order chi connectivity index (χ1) is 9.69. The second kappa shape index (κ2) is 5.36. The van der Waals surface area contributed by atoms with Crippen LogP contribution in [0.25, 0.3) is 11.2 Å². The molecule has 0 N–H and O–H groups in total. The summed E-state index contributed by atoms with van der Waals surface area (Å²) in [6.07, 6.45) is 7.95. The first kappa shape index (κ1) is 13.9. The van der Waals surface area contributed by atoms with Gasteiger partial charge in [0.15, 0.2) is 5.65 Å². The van der Waals surface area contributed by atoms with E-state index in [-0.39, 0.29) is 0 Å². The highest BCUT2D eigenvalue weighted by Crippen LogP contribution is 2.51. The summed E-state index contributed by atoms with van der Waals surface area (Å²) in [6.45, 7) is 5.43. The monoisotopic (exact) mass is 291 g/mol. The summed E-state index contributed by atoms with van der Waals surface area (Å²) in [7, 11) is 0. The fourth-order valence-corrected chi connectivity index (χ4v) is 3.32. The Bertz CT molecular complexity index is 613. The van der Waals surface area contributed by atoms with Gasteiger partial charge in [-0.2, -0.15) is 0 Å². The number of fused-ring (bicyclic) bond motifs is 1. The zero-order valence-corrected chi connectivity index (χ0v) is 13.1. The lowest BCUT2D eigenvalue weighted by atomic mass is 10.0. The summed E-state index contributed by atoms with van der Waals surface area (Å²) in [4.78, 5) is 9.36. The van der Waals surface area contributed by atoms with Gasteiger partial charge in [-0.15, -0.1) is 11.6 Å². The van der Waals surface area contributed by atoms with E-state index in [0.29, 0.717) is 11.3 Å². The van der Waals surface area contributed by atoms with Gasteiger partial charge in [-0.3, -0.25) is 0 Å². The van der Waals surface area contributed by atoms with Gasteiger partial charge in [-0.25, -0.2) is 9.97 Å². The smallest absolute Gasteiger partial charge is 0.160 e. The Labute approximate surface area is 125 Å². The molecule has 20 heavy (non-hydrogen) atoms. The molecule has 1 fully saturated rings. The van der Waals surface area contributed by atoms with Gasteiger partial charge in [0, 0.05) is 25.0 Å². The third kappa shape index (κ3) is 2.44. The number of halogens is 1. The third-order valence-corrected chi connectivity index (χ3v) is 4.65. The van der Waals surface area contributed by atoms with Gasteiger partial charge in [0.1, 0.15) is 11.3 Å². The quantitative estimate of drug-likeness (QED) is 0.750. The summed E-state index contributed by atoms with van der Waals surface area (Å²) in [5.41, 5.74) is 3.77. The Morgan fingerprint density at radius 2 is 2.20 bits per heavy atom. The van der Waals surface area contributed by atoms with Crippen LogP contribution in [0.3, 0.4) is 0 Å². The molecule has 4 heteroatoms. The number of alkyl halides is 1. The molecule has 2 aromatic rings. The Kier molecular flexibility index (Phi) is 3.72. The molecule has 3 rings (SSSR count). The van der Waals surface area contributed by atoms with Crippen LogP contribution in [0.1, 0.15) is 44.0 Å². The summed E-state index contributed by atoms with van der Waals surface area (Å²) in [5, 5.41) is 0. The van der Waals surface area contributed by atoms with Gasteiger partial charge in [-0.05, 0) is 43.2 Å². The molecule has 1 aliphatic rings. The van der Waals surface area contributed by atoms with Crippen molar-refractivity contribution in [2.45, 2.75) is 52.5 Å². The van der Waals surface area contributed by atoms with Crippen molar-refractivity contribution in [3.05, 3.63) is 23.7 Å². The Balaban J connectivity index is 2.03. The molecule has 2 aromatic heterocycles. The van der Waals surface area contributed by atoms with Crippen LogP contribution in [0, 0.1) is 12.3 Å². The summed E-state index contributed by atoms with van der Waals surface area (Å²) in [5.74, 6) is 1.71. The fourth-order valence-electron chi connectivity index (χ4n) is 3.15. The maximum absolute atomic E-state index is 5.95. The molecular weight excluding hydrogens is 270 g/mol. The molecule has 0 radical (unpaired) electrons. The molecule has 0 amide bonds. The molecule has 0 saturated heterocycles. The van der Waals surface area contributed by atoms with Crippen LogP contribution >= 0.6 is 11.6 Å². The maximum Gasteiger partial charge on any atom is 0.160 e. The molecule has 2 heterocycles. The Morgan fingerprint density at radius 3 is 2.85 bits per heavy atom. The van der Waals surface area contributed by atoms with E-state index in [1.54, 1.807) is 0 Å². The van der Waals surface area contributed by atoms with Crippen LogP contribution in [-0.2, 0) is 13.0 Å². The standard InChI is InChI=1S/C16H22ClN3/c1-3-6-16(7-8-16)11-20-13(4-9-17)19-14-12(2)5-10-18-15(14)20/h5,10H,3-4,6-9,11H2,1-2H3. The minimum Gasteiger partial charge on any atom is -0.312 e. The minimum absolute atomic E-state index is 0.495. The Hall–Kier alpha value is -1.09. The summed E-state index contributed by atoms with van der Waals surface area (Å²) >= 11 is 5.95. The molecule has 0 aliphatic heterocycles. The fraction of sp³-hybridized carbons (Fsp3) is 0.625. The van der Waals surface area contributed by atoms with Crippen molar-refractivity contribution in [2.75, 3.05) is 5.88 Å². The van der Waals surface area contributed by atoms with Gasteiger partial charge in [0.2, 0.25) is 0 Å². The minimum atomic E-state index is 0.495. The van der Waals surface area contributed by atoms with Crippen LogP contribution in [0.4, 0.5) is 0 Å². The number of hydrogen-bond acceptors (Lipinski definition) is 2. The van der Waals surface area contributed by atoms with E-state index in [1.165, 1.54) is 31.2 Å². The number of imidazole rings is 1. The van der Waals surface area contributed by atoms with Gasteiger partial charge in [0.25, 0.3) is 0 Å². The lowest BCUT2D eigenvalue weighted by Gasteiger charge is -2.17. The lowest BCUT2D eigenvalue weighted by Crippen LogP contribution is -2.15. The number of nitrogens with zero attached hydrogens (tertiary/aromatic N) is 3. The molecule has 0 bridgehead atoms. The molecule has 0 aromatic carbocycles. The van der Waals surface area contributed by atoms with Gasteiger partial charge < -0.3 is 4.57 Å². The number of hydrogen-bond donors (Lipinski definition) is 0. The summed E-state index contributed by atoms with van der Waals surface area (Å²) < 4.78 is 2.33. The maximum atomic E-state index is 5.95. The van der Waals surface area contributed by atoms with Crippen LogP contribution in [-0.4, -0.2) is 20.4 Å². The molecule has 1 aliphatic carbocycles. The van der Waals surface area contributed by atoms with Crippen LogP contribution in [0.15, 0.2) is 12.3 Å². The SMILES string of the molecule is CCCC1(Cn2c(CCCl)nc3c(C)ccnc32)CC1. The van der Waals surface area contributed by atoms with Gasteiger partial charge in [0.05, 0.1) is 0 Å². The lowest BCUT2D eigenvalue weighted by molar-refractivity contribution is 0.386. The molecule has 0 spiro atoms. The van der Waals surface area contributed by atoms with E-state index in [2.05, 4.69) is 23.4 Å². The van der Waals surface area contributed by atoms with Crippen molar-refractivity contribution in [1.82, 2.24) is 14.5 Å². The zero-order valence-electron chi connectivity index (χ0n) is 12.3. The topological polar surface area (TPSA) is 30.7 Å². The third-order valence-electron chi connectivity index (χ3n) is 4.46. The van der Waals surface area contributed by atoms with Crippen molar-refractivity contribution in [1.29, 1.82) is 0 Å². The van der Waals surface area contributed by atoms with Gasteiger partial charge in [-0.1, -0.05) is 13.3 Å². The predicted octanol–water partition coefficient (Wildman–Crippen LogP) is 4.10. The van der Waals surface area contributed by atoms with E-state index in [4.69, 9.17) is 16.6 Å². The van der Waals surface area contributed by atoms with E-state index in [0.717, 1.165) is 30.0 Å². The predicted molar refractivity (Wildman–Crippen MR) is 83.3 cm³/mol. The van der Waals surface area contributed by atoms with E-state index >= 15 is 0 Å². The second-order valence-electron chi connectivity index (χ2n) is 6.10. The molecule has 0 unspecified atom stereocenters. The van der Waals surface area contributed by atoms with Crippen molar-refractivity contribution in [2.24, 2.45) is 5.41 Å². The average Bonchev–Trinajstić information content (AvgIpc) is 3.09. The number of rotatable bonds is 6. The van der Waals surface area contributed by atoms with Crippen molar-refractivity contribution >= 4 is 22.8 Å². The van der Waals surface area contributed by atoms with Crippen LogP contribution in [0.2, 0.25) is 0 Å². The van der Waals surface area contributed by atoms with E-state index in [9.17, 15) is 0 Å². The molecular formula is C16H22ClN3. The normalized spacial score (nSPS) is 16.8. The average molecular weight is 292 g/mol. The van der Waals surface area contributed by atoms with E-state index in [1.807, 2.05) is 12.3 Å². The number of aryl methyl sites for hydroxylation is 2. The first-order valence-electron chi connectivity index (χ1n) is 7.56. The van der Waals surface area contributed by atoms with Crippen LogP contribution < -0.4 is 0 Å². The Morgan fingerprint density at radius 1 is 1.40 bits per heavy atom. The van der Waals surface area contributed by atoms with Crippen molar-refractivity contribution in [3.8, 4) is 0 Å². The summed E-state index contributed by atoms with van der Waals surface area (Å²) in [6, 6.07) is 2.03. The zero-order chi connectivity index (χ0) is 14.2. The molecule has 0 atom stereocenters. The number of aromatic nitrogens is 3. The largest absolute Gasteiger partial charge is 0.312 e. The highest BCUT2D eigenvalue weighted by atomic mass is 35.5. The van der Waals surface area contributed by atoms with Gasteiger partial charge >= 0.3 is 0 Å². The van der Waals surface area contributed by atoms with E-state index < -0.39 is 0 Å². The molecule has 3 nitrogen and oxygen atoms in total. The first-order valence-corrected chi connectivity index (χ1v) is 8.09. The highest BCUT2D eigenvalue weighted by Gasteiger charge is 2.42. The molecule has 108 valence electrons. The highest BCUT2D eigenvalue weighted by molar-refractivity contribution is 6.17.